The predicted octanol–water partition coefficient (Wildman–Crippen LogP) is 4.99. The van der Waals surface area contributed by atoms with Crippen molar-refractivity contribution in [2.75, 3.05) is 5.73 Å². The minimum Gasteiger partial charge on any atom is -0.455 e. The number of nitrogens with two attached hydrogens (primary N) is 1. The van der Waals surface area contributed by atoms with Gasteiger partial charge < -0.3 is 10.5 Å². The van der Waals surface area contributed by atoms with Gasteiger partial charge in [0, 0.05) is 21.7 Å². The number of aryl methyl sites for hydroxylation is 2. The highest BCUT2D eigenvalue weighted by molar-refractivity contribution is 9.10. The van der Waals surface area contributed by atoms with Crippen LogP contribution in [0, 0.1) is 13.8 Å². The lowest BCUT2D eigenvalue weighted by molar-refractivity contribution is 0.486. The Bertz CT molecular complexity index is 807. The van der Waals surface area contributed by atoms with Crippen molar-refractivity contribution in [3.8, 4) is 11.5 Å². The number of nitrogen functional groups attached to an aromatic ring is 1. The second kappa shape index (κ2) is 5.37. The minimum atomic E-state index is 0.702. The molecular formula is C17H15BrN2O. The number of halogens is 1. The van der Waals surface area contributed by atoms with E-state index in [1.54, 1.807) is 6.20 Å². The summed E-state index contributed by atoms with van der Waals surface area (Å²) in [5.41, 5.74) is 9.73. The van der Waals surface area contributed by atoms with E-state index in [0.29, 0.717) is 11.4 Å². The fourth-order valence-corrected chi connectivity index (χ4v) is 2.57. The number of rotatable bonds is 2. The fourth-order valence-electron chi connectivity index (χ4n) is 2.34. The van der Waals surface area contributed by atoms with E-state index < -0.39 is 0 Å². The number of hydrogen-bond donors (Lipinski definition) is 1. The Morgan fingerprint density at radius 1 is 1.10 bits per heavy atom. The number of aromatic nitrogens is 1. The van der Waals surface area contributed by atoms with E-state index in [9.17, 15) is 0 Å². The zero-order valence-electron chi connectivity index (χ0n) is 11.9. The van der Waals surface area contributed by atoms with Gasteiger partial charge in [-0.1, -0.05) is 15.9 Å². The Kier molecular flexibility index (Phi) is 3.55. The third-order valence-electron chi connectivity index (χ3n) is 3.40. The van der Waals surface area contributed by atoms with Gasteiger partial charge in [-0.15, -0.1) is 0 Å². The molecule has 0 aliphatic heterocycles. The summed E-state index contributed by atoms with van der Waals surface area (Å²) in [6.45, 7) is 4.09. The summed E-state index contributed by atoms with van der Waals surface area (Å²) < 4.78 is 7.13. The van der Waals surface area contributed by atoms with E-state index in [1.807, 2.05) is 50.2 Å². The Balaban J connectivity index is 2.09. The van der Waals surface area contributed by atoms with E-state index in [2.05, 4.69) is 20.9 Å². The van der Waals surface area contributed by atoms with E-state index in [1.165, 1.54) is 0 Å². The smallest absolute Gasteiger partial charge is 0.153 e. The molecule has 0 aliphatic carbocycles. The molecule has 0 fully saturated rings. The summed E-state index contributed by atoms with van der Waals surface area (Å²) in [6.07, 6.45) is 1.74. The third kappa shape index (κ3) is 2.59. The maximum Gasteiger partial charge on any atom is 0.153 e. The van der Waals surface area contributed by atoms with Crippen molar-refractivity contribution in [1.82, 2.24) is 4.98 Å². The second-order valence-corrected chi connectivity index (χ2v) is 5.82. The first-order chi connectivity index (χ1) is 10.1. The molecule has 0 spiro atoms. The van der Waals surface area contributed by atoms with Gasteiger partial charge in [0.25, 0.3) is 0 Å². The average molecular weight is 343 g/mol. The van der Waals surface area contributed by atoms with Gasteiger partial charge in [0.15, 0.2) is 5.75 Å². The minimum absolute atomic E-state index is 0.702. The van der Waals surface area contributed by atoms with Crippen molar-refractivity contribution in [3.05, 3.63) is 58.2 Å². The molecule has 0 amide bonds. The Hall–Kier alpha value is -2.07. The highest BCUT2D eigenvalue weighted by Crippen LogP contribution is 2.34. The number of anilines is 1. The largest absolute Gasteiger partial charge is 0.455 e. The summed E-state index contributed by atoms with van der Waals surface area (Å²) in [7, 11) is 0. The van der Waals surface area contributed by atoms with Gasteiger partial charge in [-0.3, -0.25) is 4.98 Å². The first-order valence-electron chi connectivity index (χ1n) is 6.64. The zero-order chi connectivity index (χ0) is 15.0. The van der Waals surface area contributed by atoms with Gasteiger partial charge in [0.2, 0.25) is 0 Å². The van der Waals surface area contributed by atoms with E-state index >= 15 is 0 Å². The molecule has 0 saturated carbocycles. The van der Waals surface area contributed by atoms with Crippen molar-refractivity contribution < 1.29 is 4.74 Å². The Morgan fingerprint density at radius 3 is 2.52 bits per heavy atom. The van der Waals surface area contributed by atoms with Crippen molar-refractivity contribution in [1.29, 1.82) is 0 Å². The molecule has 1 aromatic heterocycles. The van der Waals surface area contributed by atoms with Crippen LogP contribution in [0.5, 0.6) is 11.5 Å². The fraction of sp³-hybridized carbons (Fsp3) is 0.118. The van der Waals surface area contributed by atoms with Gasteiger partial charge in [-0.25, -0.2) is 0 Å². The summed E-state index contributed by atoms with van der Waals surface area (Å²) in [4.78, 5) is 4.39. The second-order valence-electron chi connectivity index (χ2n) is 5.03. The number of benzene rings is 2. The quantitative estimate of drug-likeness (QED) is 0.667. The lowest BCUT2D eigenvalue weighted by Gasteiger charge is -2.12. The monoisotopic (exact) mass is 342 g/mol. The summed E-state index contributed by atoms with van der Waals surface area (Å²) in [6, 6.07) is 11.5. The molecule has 2 aromatic carbocycles. The standard InChI is InChI=1S/C17H15BrN2O/c1-10-8-12(9-11(2)16(10)18)21-15-6-5-14(19)13-4-3-7-20-17(13)15/h3-9H,19H2,1-2H3. The van der Waals surface area contributed by atoms with Gasteiger partial charge in [-0.05, 0) is 61.4 Å². The van der Waals surface area contributed by atoms with E-state index in [-0.39, 0.29) is 0 Å². The highest BCUT2D eigenvalue weighted by atomic mass is 79.9. The molecule has 1 heterocycles. The van der Waals surface area contributed by atoms with Crippen molar-refractivity contribution in [2.45, 2.75) is 13.8 Å². The van der Waals surface area contributed by atoms with Gasteiger partial charge in [0.05, 0.1) is 0 Å². The first kappa shape index (κ1) is 13.9. The molecule has 3 aromatic rings. The van der Waals surface area contributed by atoms with Crippen LogP contribution in [0.4, 0.5) is 5.69 Å². The van der Waals surface area contributed by atoms with Crippen LogP contribution in [-0.2, 0) is 0 Å². The molecule has 0 radical (unpaired) electrons. The third-order valence-corrected chi connectivity index (χ3v) is 4.65. The van der Waals surface area contributed by atoms with Crippen molar-refractivity contribution >= 4 is 32.5 Å². The molecule has 4 heteroatoms. The molecule has 0 saturated heterocycles. The summed E-state index contributed by atoms with van der Waals surface area (Å²) in [5, 5.41) is 0.903. The topological polar surface area (TPSA) is 48.1 Å². The number of nitrogens with zero attached hydrogens (tertiary/aromatic N) is 1. The van der Waals surface area contributed by atoms with E-state index in [4.69, 9.17) is 10.5 Å². The van der Waals surface area contributed by atoms with Crippen LogP contribution in [0.1, 0.15) is 11.1 Å². The van der Waals surface area contributed by atoms with Crippen LogP contribution in [0.2, 0.25) is 0 Å². The lowest BCUT2D eigenvalue weighted by atomic mass is 10.1. The first-order valence-corrected chi connectivity index (χ1v) is 7.43. The zero-order valence-corrected chi connectivity index (χ0v) is 13.4. The van der Waals surface area contributed by atoms with Crippen molar-refractivity contribution in [2.24, 2.45) is 0 Å². The molecule has 2 N–H and O–H groups in total. The molecule has 0 atom stereocenters. The Morgan fingerprint density at radius 2 is 1.81 bits per heavy atom. The van der Waals surface area contributed by atoms with Crippen LogP contribution >= 0.6 is 15.9 Å². The predicted molar refractivity (Wildman–Crippen MR) is 89.8 cm³/mol. The molecule has 0 bridgehead atoms. The highest BCUT2D eigenvalue weighted by Gasteiger charge is 2.09. The van der Waals surface area contributed by atoms with Crippen LogP contribution in [0.3, 0.4) is 0 Å². The molecular weight excluding hydrogens is 328 g/mol. The molecule has 106 valence electrons. The maximum atomic E-state index is 6.02. The molecule has 0 aliphatic rings. The molecule has 3 nitrogen and oxygen atoms in total. The van der Waals surface area contributed by atoms with Crippen molar-refractivity contribution in [3.63, 3.8) is 0 Å². The Labute approximate surface area is 131 Å². The number of pyridine rings is 1. The van der Waals surface area contributed by atoms with E-state index in [0.717, 1.165) is 32.3 Å². The molecule has 3 rings (SSSR count). The van der Waals surface area contributed by atoms with Gasteiger partial charge in [0.1, 0.15) is 11.3 Å². The summed E-state index contributed by atoms with van der Waals surface area (Å²) >= 11 is 3.56. The average Bonchev–Trinajstić information content (AvgIpc) is 2.48. The maximum absolute atomic E-state index is 6.02. The van der Waals surface area contributed by atoms with Crippen LogP contribution in [0.15, 0.2) is 47.1 Å². The number of hydrogen-bond acceptors (Lipinski definition) is 3. The molecule has 0 unspecified atom stereocenters. The van der Waals surface area contributed by atoms with Crippen LogP contribution in [-0.4, -0.2) is 4.98 Å². The number of fused-ring (bicyclic) bond motifs is 1. The van der Waals surface area contributed by atoms with Crippen LogP contribution < -0.4 is 10.5 Å². The SMILES string of the molecule is Cc1cc(Oc2ccc(N)c3cccnc23)cc(C)c1Br. The molecule has 21 heavy (non-hydrogen) atoms. The summed E-state index contributed by atoms with van der Waals surface area (Å²) in [5.74, 6) is 1.51. The number of ether oxygens (including phenoxy) is 1. The lowest BCUT2D eigenvalue weighted by Crippen LogP contribution is -1.93. The van der Waals surface area contributed by atoms with Gasteiger partial charge in [-0.2, -0.15) is 0 Å². The van der Waals surface area contributed by atoms with Crippen LogP contribution in [0.25, 0.3) is 10.9 Å². The van der Waals surface area contributed by atoms with Gasteiger partial charge >= 0.3 is 0 Å². The normalized spacial score (nSPS) is 10.8.